The van der Waals surface area contributed by atoms with Gasteiger partial charge in [0.25, 0.3) is 0 Å². The molecule has 0 spiro atoms. The van der Waals surface area contributed by atoms with E-state index >= 15 is 0 Å². The molecule has 0 unspecified atom stereocenters. The van der Waals surface area contributed by atoms with Crippen LogP contribution in [0.4, 0.5) is 5.69 Å². The summed E-state index contributed by atoms with van der Waals surface area (Å²) in [6.45, 7) is 4.83. The van der Waals surface area contributed by atoms with E-state index in [1.54, 1.807) is 0 Å². The first-order valence-electron chi connectivity index (χ1n) is 11.9. The van der Waals surface area contributed by atoms with Crippen LogP contribution in [0.25, 0.3) is 0 Å². The third kappa shape index (κ3) is 15.9. The monoisotopic (exact) mass is 423 g/mol. The molecule has 0 aliphatic carbocycles. The predicted octanol–water partition coefficient (Wildman–Crippen LogP) is 8.17. The normalized spacial score (nSPS) is 11.9. The van der Waals surface area contributed by atoms with Crippen LogP contribution in [-0.2, 0) is 4.79 Å². The zero-order valence-corrected chi connectivity index (χ0v) is 19.5. The first kappa shape index (κ1) is 26.5. The highest BCUT2D eigenvalue weighted by Gasteiger charge is 2.01. The Bertz CT molecular complexity index is 683. The van der Waals surface area contributed by atoms with Gasteiger partial charge in [0.05, 0.1) is 6.61 Å². The van der Waals surface area contributed by atoms with Gasteiger partial charge in [-0.3, -0.25) is 4.79 Å². The minimum atomic E-state index is 0.0556. The molecule has 0 radical (unpaired) electrons. The van der Waals surface area contributed by atoms with Crippen molar-refractivity contribution < 1.29 is 9.53 Å². The molecule has 0 heterocycles. The second-order valence-electron chi connectivity index (χ2n) is 7.49. The van der Waals surface area contributed by atoms with Gasteiger partial charge in [0.15, 0.2) is 0 Å². The molecule has 0 saturated carbocycles. The van der Waals surface area contributed by atoms with Crippen LogP contribution in [0.15, 0.2) is 72.9 Å². The molecule has 0 bridgehead atoms. The highest BCUT2D eigenvalue weighted by molar-refractivity contribution is 5.90. The number of anilines is 1. The predicted molar refractivity (Wildman–Crippen MR) is 135 cm³/mol. The van der Waals surface area contributed by atoms with E-state index in [1.165, 1.54) is 25.7 Å². The summed E-state index contributed by atoms with van der Waals surface area (Å²) in [6, 6.07) is 7.49. The summed E-state index contributed by atoms with van der Waals surface area (Å²) < 4.78 is 5.40. The Balaban J connectivity index is 2.01. The Morgan fingerprint density at radius 3 is 1.87 bits per heavy atom. The summed E-state index contributed by atoms with van der Waals surface area (Å²) in [5.74, 6) is 0.876. The van der Waals surface area contributed by atoms with Gasteiger partial charge in [-0.25, -0.2) is 0 Å². The third-order valence-electron chi connectivity index (χ3n) is 4.68. The molecule has 1 aromatic rings. The van der Waals surface area contributed by atoms with E-state index < -0.39 is 0 Å². The molecule has 1 rings (SSSR count). The number of unbranched alkanes of at least 4 members (excludes halogenated alkanes) is 4. The second-order valence-corrected chi connectivity index (χ2v) is 7.49. The average Bonchev–Trinajstić information content (AvgIpc) is 2.77. The number of hydrogen-bond acceptors (Lipinski definition) is 2. The van der Waals surface area contributed by atoms with Gasteiger partial charge >= 0.3 is 0 Å². The molecule has 1 N–H and O–H groups in total. The van der Waals surface area contributed by atoms with Crippen LogP contribution >= 0.6 is 0 Å². The summed E-state index contributed by atoms with van der Waals surface area (Å²) in [5.41, 5.74) is 0.811. The van der Waals surface area contributed by atoms with Crippen molar-refractivity contribution in [1.82, 2.24) is 0 Å². The first-order valence-corrected chi connectivity index (χ1v) is 11.9. The molecule has 170 valence electrons. The van der Waals surface area contributed by atoms with Crippen LogP contribution in [-0.4, -0.2) is 12.5 Å². The van der Waals surface area contributed by atoms with Crippen molar-refractivity contribution in [2.75, 3.05) is 11.9 Å². The van der Waals surface area contributed by atoms with E-state index in [-0.39, 0.29) is 5.91 Å². The molecule has 1 amide bonds. The fourth-order valence-electron chi connectivity index (χ4n) is 2.97. The Morgan fingerprint density at radius 2 is 1.32 bits per heavy atom. The Kier molecular flexibility index (Phi) is 16.6. The Labute approximate surface area is 190 Å². The summed E-state index contributed by atoms with van der Waals surface area (Å²) in [4.78, 5) is 12.0. The molecule has 3 heteroatoms. The summed E-state index contributed by atoms with van der Waals surface area (Å²) in [6.07, 6.45) is 28.2. The van der Waals surface area contributed by atoms with Gasteiger partial charge in [0.2, 0.25) is 5.91 Å². The van der Waals surface area contributed by atoms with Gasteiger partial charge in [-0.05, 0) is 76.1 Å². The van der Waals surface area contributed by atoms with Crippen molar-refractivity contribution in [1.29, 1.82) is 0 Å². The van der Waals surface area contributed by atoms with E-state index in [1.807, 2.05) is 31.2 Å². The zero-order valence-electron chi connectivity index (χ0n) is 19.5. The fourth-order valence-corrected chi connectivity index (χ4v) is 2.97. The first-order chi connectivity index (χ1) is 15.3. The van der Waals surface area contributed by atoms with Crippen molar-refractivity contribution >= 4 is 11.6 Å². The van der Waals surface area contributed by atoms with Crippen molar-refractivity contribution in [2.45, 2.75) is 78.1 Å². The van der Waals surface area contributed by atoms with Crippen LogP contribution in [0.2, 0.25) is 0 Å². The molecule has 0 saturated heterocycles. The molecule has 0 atom stereocenters. The van der Waals surface area contributed by atoms with E-state index in [0.717, 1.165) is 43.5 Å². The molecule has 0 aliphatic rings. The number of rotatable bonds is 17. The van der Waals surface area contributed by atoms with Gasteiger partial charge in [0.1, 0.15) is 5.75 Å². The number of benzene rings is 1. The minimum absolute atomic E-state index is 0.0556. The third-order valence-corrected chi connectivity index (χ3v) is 4.68. The second kappa shape index (κ2) is 19.4. The molecular formula is C28H41NO2. The number of nitrogens with one attached hydrogen (secondary N) is 1. The van der Waals surface area contributed by atoms with Gasteiger partial charge in [-0.15, -0.1) is 0 Å². The van der Waals surface area contributed by atoms with Crippen LogP contribution in [0.1, 0.15) is 78.1 Å². The minimum Gasteiger partial charge on any atom is -0.494 e. The van der Waals surface area contributed by atoms with Gasteiger partial charge in [-0.2, -0.15) is 0 Å². The van der Waals surface area contributed by atoms with Crippen LogP contribution < -0.4 is 10.1 Å². The van der Waals surface area contributed by atoms with E-state index in [2.05, 4.69) is 60.8 Å². The van der Waals surface area contributed by atoms with Crippen LogP contribution in [0.3, 0.4) is 0 Å². The number of hydrogen-bond donors (Lipinski definition) is 1. The van der Waals surface area contributed by atoms with E-state index in [4.69, 9.17) is 4.74 Å². The molecule has 31 heavy (non-hydrogen) atoms. The quantitative estimate of drug-likeness (QED) is 0.203. The lowest BCUT2D eigenvalue weighted by Crippen LogP contribution is -2.10. The number of carbonyl (C=O) groups is 1. The lowest BCUT2D eigenvalue weighted by atomic mass is 10.2. The Hall–Kier alpha value is -2.55. The van der Waals surface area contributed by atoms with Crippen molar-refractivity contribution in [2.24, 2.45) is 0 Å². The molecule has 1 aromatic carbocycles. The maximum absolute atomic E-state index is 12.0. The van der Waals surface area contributed by atoms with Gasteiger partial charge < -0.3 is 10.1 Å². The number of ether oxygens (including phenoxy) is 1. The molecule has 3 nitrogen and oxygen atoms in total. The molecular weight excluding hydrogens is 382 g/mol. The smallest absolute Gasteiger partial charge is 0.224 e. The summed E-state index contributed by atoms with van der Waals surface area (Å²) in [7, 11) is 0. The van der Waals surface area contributed by atoms with Crippen molar-refractivity contribution in [3.05, 3.63) is 72.9 Å². The maximum atomic E-state index is 12.0. The molecule has 0 fully saturated rings. The fraction of sp³-hybridized carbons (Fsp3) is 0.464. The highest BCUT2D eigenvalue weighted by atomic mass is 16.5. The van der Waals surface area contributed by atoms with Crippen molar-refractivity contribution in [3.8, 4) is 5.75 Å². The molecule has 0 aliphatic heterocycles. The topological polar surface area (TPSA) is 38.3 Å². The lowest BCUT2D eigenvalue weighted by Gasteiger charge is -2.06. The number of allylic oxidation sites excluding steroid dienone is 8. The summed E-state index contributed by atoms with van der Waals surface area (Å²) in [5, 5.41) is 2.93. The SMILES string of the molecule is CCCCC/C=C\C/C=C\C/C=C\C/C=C\CCCC(=O)Nc1ccc(OCC)cc1. The van der Waals surface area contributed by atoms with E-state index in [0.29, 0.717) is 13.0 Å². The summed E-state index contributed by atoms with van der Waals surface area (Å²) >= 11 is 0. The van der Waals surface area contributed by atoms with E-state index in [9.17, 15) is 4.79 Å². The van der Waals surface area contributed by atoms with Gasteiger partial charge in [-0.1, -0.05) is 68.4 Å². The molecule has 0 aromatic heterocycles. The number of carbonyl (C=O) groups excluding carboxylic acids is 1. The largest absolute Gasteiger partial charge is 0.494 e. The standard InChI is InChI=1S/C28H41NO2/c1-3-5-6-7-8-9-10-11-12-13-14-15-16-17-18-19-20-21-28(30)29-26-22-24-27(25-23-26)31-4-2/h8-9,11-12,14-15,17-18,22-25H,3-7,10,13,16,19-21H2,1-2H3,(H,29,30)/b9-8-,12-11-,15-14-,18-17-. The average molecular weight is 424 g/mol. The number of amides is 1. The lowest BCUT2D eigenvalue weighted by molar-refractivity contribution is -0.116. The van der Waals surface area contributed by atoms with Crippen LogP contribution in [0.5, 0.6) is 5.75 Å². The highest BCUT2D eigenvalue weighted by Crippen LogP contribution is 2.16. The zero-order chi connectivity index (χ0) is 22.4. The Morgan fingerprint density at radius 1 is 0.774 bits per heavy atom. The van der Waals surface area contributed by atoms with Gasteiger partial charge in [0, 0.05) is 12.1 Å². The van der Waals surface area contributed by atoms with Crippen molar-refractivity contribution in [3.63, 3.8) is 0 Å². The van der Waals surface area contributed by atoms with Crippen LogP contribution in [0, 0.1) is 0 Å². The maximum Gasteiger partial charge on any atom is 0.224 e.